The molecule has 0 bridgehead atoms. The van der Waals surface area contributed by atoms with Crippen LogP contribution < -0.4 is 0 Å². The number of hydrogen-bond acceptors (Lipinski definition) is 2. The number of phenols is 1. The number of H-pyrrole nitrogens is 1. The van der Waals surface area contributed by atoms with E-state index in [0.29, 0.717) is 11.9 Å². The quantitative estimate of drug-likeness (QED) is 0.684. The largest absolute Gasteiger partial charge is 0.506 e. The molecule has 0 unspecified atom stereocenters. The minimum Gasteiger partial charge on any atom is -0.506 e. The summed E-state index contributed by atoms with van der Waals surface area (Å²) in [6.07, 6.45) is 2.46. The molecule has 66 valence electrons. The second kappa shape index (κ2) is 2.94. The zero-order chi connectivity index (χ0) is 9.26. The second-order valence-electron chi connectivity index (χ2n) is 2.85. The van der Waals surface area contributed by atoms with Gasteiger partial charge in [0.15, 0.2) is 0 Å². The SMILES string of the molecule is C=CCc1nc2c(O)cccc2[nH]1. The molecular formula is C10H10N2O. The van der Waals surface area contributed by atoms with Crippen LogP contribution in [0.3, 0.4) is 0 Å². The van der Waals surface area contributed by atoms with Crippen LogP contribution in [0.25, 0.3) is 11.0 Å². The maximum atomic E-state index is 9.44. The van der Waals surface area contributed by atoms with E-state index >= 15 is 0 Å². The number of aromatic hydroxyl groups is 1. The molecule has 0 fully saturated rings. The third-order valence-corrected chi connectivity index (χ3v) is 1.88. The van der Waals surface area contributed by atoms with E-state index in [2.05, 4.69) is 16.5 Å². The van der Waals surface area contributed by atoms with Gasteiger partial charge < -0.3 is 10.1 Å². The average molecular weight is 174 g/mol. The van der Waals surface area contributed by atoms with Crippen LogP contribution in [0.5, 0.6) is 5.75 Å². The molecule has 0 atom stereocenters. The van der Waals surface area contributed by atoms with Crippen molar-refractivity contribution in [3.8, 4) is 5.75 Å². The number of nitrogens with one attached hydrogen (secondary N) is 1. The molecular weight excluding hydrogens is 164 g/mol. The Hall–Kier alpha value is -1.77. The number of rotatable bonds is 2. The van der Waals surface area contributed by atoms with E-state index in [1.165, 1.54) is 0 Å². The number of aromatic nitrogens is 2. The monoisotopic (exact) mass is 174 g/mol. The van der Waals surface area contributed by atoms with Gasteiger partial charge in [-0.3, -0.25) is 0 Å². The molecule has 13 heavy (non-hydrogen) atoms. The summed E-state index contributed by atoms with van der Waals surface area (Å²) in [6, 6.07) is 5.29. The van der Waals surface area contributed by atoms with Gasteiger partial charge in [0.1, 0.15) is 17.1 Å². The summed E-state index contributed by atoms with van der Waals surface area (Å²) in [7, 11) is 0. The van der Waals surface area contributed by atoms with E-state index in [4.69, 9.17) is 0 Å². The van der Waals surface area contributed by atoms with E-state index in [0.717, 1.165) is 11.3 Å². The zero-order valence-electron chi connectivity index (χ0n) is 7.12. The van der Waals surface area contributed by atoms with Crippen molar-refractivity contribution < 1.29 is 5.11 Å². The van der Waals surface area contributed by atoms with Crippen LogP contribution >= 0.6 is 0 Å². The molecule has 0 radical (unpaired) electrons. The number of phenolic OH excluding ortho intramolecular Hbond substituents is 1. The van der Waals surface area contributed by atoms with Crippen molar-refractivity contribution in [2.45, 2.75) is 6.42 Å². The summed E-state index contributed by atoms with van der Waals surface area (Å²) < 4.78 is 0. The highest BCUT2D eigenvalue weighted by molar-refractivity contribution is 5.81. The highest BCUT2D eigenvalue weighted by Gasteiger charge is 2.04. The van der Waals surface area contributed by atoms with Gasteiger partial charge in [-0.25, -0.2) is 4.98 Å². The van der Waals surface area contributed by atoms with Crippen molar-refractivity contribution in [3.05, 3.63) is 36.7 Å². The normalized spacial score (nSPS) is 10.5. The Morgan fingerprint density at radius 3 is 3.08 bits per heavy atom. The summed E-state index contributed by atoms with van der Waals surface area (Å²) >= 11 is 0. The van der Waals surface area contributed by atoms with Gasteiger partial charge >= 0.3 is 0 Å². The van der Waals surface area contributed by atoms with Gasteiger partial charge in [-0.2, -0.15) is 0 Å². The lowest BCUT2D eigenvalue weighted by Crippen LogP contribution is -1.81. The number of hydrogen-bond donors (Lipinski definition) is 2. The van der Waals surface area contributed by atoms with Crippen molar-refractivity contribution in [2.24, 2.45) is 0 Å². The first-order valence-electron chi connectivity index (χ1n) is 4.08. The fourth-order valence-electron chi connectivity index (χ4n) is 1.30. The fourth-order valence-corrected chi connectivity index (χ4v) is 1.30. The van der Waals surface area contributed by atoms with Crippen LogP contribution in [0.1, 0.15) is 5.82 Å². The Kier molecular flexibility index (Phi) is 1.77. The van der Waals surface area contributed by atoms with Crippen molar-refractivity contribution in [1.82, 2.24) is 9.97 Å². The van der Waals surface area contributed by atoms with E-state index in [-0.39, 0.29) is 5.75 Å². The standard InChI is InChI=1S/C10H10N2O/c1-2-4-9-11-7-5-3-6-8(13)10(7)12-9/h2-3,5-6,13H,1,4H2,(H,11,12). The average Bonchev–Trinajstić information content (AvgIpc) is 2.49. The molecule has 0 aliphatic heterocycles. The molecule has 0 saturated carbocycles. The van der Waals surface area contributed by atoms with E-state index in [9.17, 15) is 5.11 Å². The van der Waals surface area contributed by atoms with Crippen molar-refractivity contribution in [2.75, 3.05) is 0 Å². The Morgan fingerprint density at radius 2 is 2.38 bits per heavy atom. The lowest BCUT2D eigenvalue weighted by molar-refractivity contribution is 0.480. The number of aromatic amines is 1. The van der Waals surface area contributed by atoms with E-state index in [1.807, 2.05) is 6.07 Å². The molecule has 2 aromatic rings. The van der Waals surface area contributed by atoms with Gasteiger partial charge in [0.05, 0.1) is 5.52 Å². The van der Waals surface area contributed by atoms with Crippen LogP contribution in [-0.2, 0) is 6.42 Å². The van der Waals surface area contributed by atoms with Gasteiger partial charge in [0.25, 0.3) is 0 Å². The van der Waals surface area contributed by atoms with E-state index < -0.39 is 0 Å². The first-order chi connectivity index (χ1) is 6.31. The van der Waals surface area contributed by atoms with Crippen molar-refractivity contribution >= 4 is 11.0 Å². The number of para-hydroxylation sites is 1. The van der Waals surface area contributed by atoms with Crippen LogP contribution in [0.4, 0.5) is 0 Å². The summed E-state index contributed by atoms with van der Waals surface area (Å²) in [5, 5.41) is 9.44. The number of nitrogens with zero attached hydrogens (tertiary/aromatic N) is 1. The molecule has 0 aliphatic rings. The topological polar surface area (TPSA) is 48.9 Å². The summed E-state index contributed by atoms with van der Waals surface area (Å²) in [5.41, 5.74) is 1.48. The highest BCUT2D eigenvalue weighted by Crippen LogP contribution is 2.21. The Bertz CT molecular complexity index is 445. The molecule has 0 spiro atoms. The molecule has 1 heterocycles. The number of imidazole rings is 1. The zero-order valence-corrected chi connectivity index (χ0v) is 7.12. The van der Waals surface area contributed by atoms with Gasteiger partial charge in [0.2, 0.25) is 0 Å². The predicted molar refractivity (Wildman–Crippen MR) is 51.7 cm³/mol. The summed E-state index contributed by atoms with van der Waals surface area (Å²) in [6.45, 7) is 3.63. The molecule has 3 heteroatoms. The predicted octanol–water partition coefficient (Wildman–Crippen LogP) is 2.00. The molecule has 0 amide bonds. The van der Waals surface area contributed by atoms with Crippen molar-refractivity contribution in [3.63, 3.8) is 0 Å². The second-order valence-corrected chi connectivity index (χ2v) is 2.85. The smallest absolute Gasteiger partial charge is 0.143 e. The number of fused-ring (bicyclic) bond motifs is 1. The molecule has 0 saturated heterocycles. The fraction of sp³-hybridized carbons (Fsp3) is 0.100. The minimum atomic E-state index is 0.212. The lowest BCUT2D eigenvalue weighted by Gasteiger charge is -1.89. The van der Waals surface area contributed by atoms with E-state index in [1.54, 1.807) is 18.2 Å². The third-order valence-electron chi connectivity index (χ3n) is 1.88. The maximum absolute atomic E-state index is 9.44. The number of allylic oxidation sites excluding steroid dienone is 1. The van der Waals surface area contributed by atoms with Gasteiger partial charge in [-0.1, -0.05) is 12.1 Å². The van der Waals surface area contributed by atoms with Gasteiger partial charge in [-0.05, 0) is 12.1 Å². The van der Waals surface area contributed by atoms with Crippen LogP contribution in [0.2, 0.25) is 0 Å². The lowest BCUT2D eigenvalue weighted by atomic mass is 10.3. The Labute approximate surface area is 75.7 Å². The molecule has 0 aliphatic carbocycles. The minimum absolute atomic E-state index is 0.212. The Morgan fingerprint density at radius 1 is 1.54 bits per heavy atom. The van der Waals surface area contributed by atoms with Gasteiger partial charge in [0, 0.05) is 6.42 Å². The summed E-state index contributed by atoms with van der Waals surface area (Å²) in [5.74, 6) is 1.04. The maximum Gasteiger partial charge on any atom is 0.143 e. The first kappa shape index (κ1) is 7.86. The van der Waals surface area contributed by atoms with Crippen LogP contribution in [-0.4, -0.2) is 15.1 Å². The summed E-state index contributed by atoms with van der Waals surface area (Å²) in [4.78, 5) is 7.32. The molecule has 1 aromatic heterocycles. The molecule has 2 rings (SSSR count). The third kappa shape index (κ3) is 1.28. The van der Waals surface area contributed by atoms with Gasteiger partial charge in [-0.15, -0.1) is 6.58 Å². The molecule has 3 nitrogen and oxygen atoms in total. The highest BCUT2D eigenvalue weighted by atomic mass is 16.3. The van der Waals surface area contributed by atoms with Crippen LogP contribution in [0.15, 0.2) is 30.9 Å². The van der Waals surface area contributed by atoms with Crippen LogP contribution in [0, 0.1) is 0 Å². The molecule has 2 N–H and O–H groups in total. The van der Waals surface area contributed by atoms with Crippen molar-refractivity contribution in [1.29, 1.82) is 0 Å². The molecule has 1 aromatic carbocycles. The number of benzene rings is 1. The first-order valence-corrected chi connectivity index (χ1v) is 4.08. The Balaban J connectivity index is 2.61.